The maximum Gasteiger partial charge on any atom is 0.221 e. The molecule has 2 rings (SSSR count). The van der Waals surface area contributed by atoms with Crippen LogP contribution in [0.3, 0.4) is 0 Å². The summed E-state index contributed by atoms with van der Waals surface area (Å²) in [4.78, 5) is 12.2. The van der Waals surface area contributed by atoms with Crippen LogP contribution in [0.25, 0.3) is 0 Å². The van der Waals surface area contributed by atoms with Crippen LogP contribution in [-0.2, 0) is 11.3 Å². The van der Waals surface area contributed by atoms with Gasteiger partial charge in [-0.25, -0.2) is 0 Å². The number of amides is 1. The summed E-state index contributed by atoms with van der Waals surface area (Å²) >= 11 is 1.63. The van der Waals surface area contributed by atoms with E-state index in [-0.39, 0.29) is 18.1 Å². The van der Waals surface area contributed by atoms with Gasteiger partial charge in [-0.1, -0.05) is 12.8 Å². The number of aliphatic hydroxyl groups excluding tert-OH is 1. The molecule has 0 bridgehead atoms. The van der Waals surface area contributed by atoms with Gasteiger partial charge >= 0.3 is 0 Å². The Bertz CT molecular complexity index is 411. The molecule has 0 saturated heterocycles. The molecule has 1 fully saturated rings. The fourth-order valence-electron chi connectivity index (χ4n) is 2.49. The summed E-state index contributed by atoms with van der Waals surface area (Å²) in [5, 5.41) is 17.8. The van der Waals surface area contributed by atoms with Crippen molar-refractivity contribution in [2.24, 2.45) is 0 Å². The predicted molar refractivity (Wildman–Crippen MR) is 73.7 cm³/mol. The summed E-state index contributed by atoms with van der Waals surface area (Å²) < 4.78 is 0. The Hall–Kier alpha value is -0.910. The van der Waals surface area contributed by atoms with Gasteiger partial charge in [0.25, 0.3) is 0 Å². The second-order valence-electron chi connectivity index (χ2n) is 4.94. The lowest BCUT2D eigenvalue weighted by atomic mass is 9.99. The molecule has 3 N–H and O–H groups in total. The zero-order chi connectivity index (χ0) is 13.0. The van der Waals surface area contributed by atoms with E-state index in [2.05, 4.69) is 10.6 Å². The molecule has 0 unspecified atom stereocenters. The van der Waals surface area contributed by atoms with Crippen LogP contribution < -0.4 is 10.6 Å². The Morgan fingerprint density at radius 2 is 2.22 bits per heavy atom. The van der Waals surface area contributed by atoms with Crippen LogP contribution in [0.1, 0.15) is 37.5 Å². The largest absolute Gasteiger partial charge is 0.394 e. The molecule has 1 heterocycles. The Labute approximate surface area is 111 Å². The van der Waals surface area contributed by atoms with Crippen LogP contribution >= 0.6 is 11.3 Å². The molecule has 0 aromatic carbocycles. The number of hydrogen-bond donors (Lipinski definition) is 3. The Balaban J connectivity index is 1.97. The normalized spacial score (nSPS) is 17.9. The second kappa shape index (κ2) is 5.82. The summed E-state index contributed by atoms with van der Waals surface area (Å²) in [6.45, 7) is 2.41. The van der Waals surface area contributed by atoms with Crippen LogP contribution in [-0.4, -0.2) is 23.2 Å². The summed E-state index contributed by atoms with van der Waals surface area (Å²) in [6, 6.07) is 1.92. The van der Waals surface area contributed by atoms with Gasteiger partial charge in [0.2, 0.25) is 5.91 Å². The smallest absolute Gasteiger partial charge is 0.221 e. The van der Waals surface area contributed by atoms with E-state index in [0.29, 0.717) is 6.54 Å². The van der Waals surface area contributed by atoms with Crippen molar-refractivity contribution in [2.45, 2.75) is 44.7 Å². The first kappa shape index (κ1) is 13.5. The number of aliphatic hydroxyl groups is 1. The maximum absolute atomic E-state index is 11.1. The predicted octanol–water partition coefficient (Wildman–Crippen LogP) is 2.10. The summed E-state index contributed by atoms with van der Waals surface area (Å²) in [5.74, 6) is -0.0487. The number of carbonyl (C=O) groups is 1. The molecular formula is C13H20N2O2S. The van der Waals surface area contributed by atoms with E-state index in [1.807, 2.05) is 11.4 Å². The highest BCUT2D eigenvalue weighted by Crippen LogP contribution is 2.30. The lowest BCUT2D eigenvalue weighted by Gasteiger charge is -2.28. The van der Waals surface area contributed by atoms with E-state index >= 15 is 0 Å². The third-order valence-corrected chi connectivity index (χ3v) is 4.46. The molecule has 0 spiro atoms. The SMILES string of the molecule is CC(=O)Nc1ccsc1CNC1(CO)CCCC1. The first-order chi connectivity index (χ1) is 8.65. The second-order valence-corrected chi connectivity index (χ2v) is 5.94. The van der Waals surface area contributed by atoms with Crippen LogP contribution in [0.4, 0.5) is 5.69 Å². The fourth-order valence-corrected chi connectivity index (χ4v) is 3.26. The lowest BCUT2D eigenvalue weighted by molar-refractivity contribution is -0.114. The number of thiophene rings is 1. The van der Waals surface area contributed by atoms with Crippen molar-refractivity contribution in [3.05, 3.63) is 16.3 Å². The molecule has 0 atom stereocenters. The van der Waals surface area contributed by atoms with E-state index in [9.17, 15) is 9.90 Å². The van der Waals surface area contributed by atoms with Crippen molar-refractivity contribution in [2.75, 3.05) is 11.9 Å². The standard InChI is InChI=1S/C13H20N2O2S/c1-10(17)15-11-4-7-18-12(11)8-14-13(9-16)5-2-3-6-13/h4,7,14,16H,2-3,5-6,8-9H2,1H3,(H,15,17). The van der Waals surface area contributed by atoms with Gasteiger partial charge in [0.05, 0.1) is 12.3 Å². The fraction of sp³-hybridized carbons (Fsp3) is 0.615. The Morgan fingerprint density at radius 3 is 2.83 bits per heavy atom. The number of carbonyl (C=O) groups excluding carboxylic acids is 1. The third-order valence-electron chi connectivity index (χ3n) is 3.54. The number of rotatable bonds is 5. The van der Waals surface area contributed by atoms with E-state index < -0.39 is 0 Å². The van der Waals surface area contributed by atoms with Crippen LogP contribution in [0.15, 0.2) is 11.4 Å². The van der Waals surface area contributed by atoms with Gasteiger partial charge in [-0.3, -0.25) is 4.79 Å². The van der Waals surface area contributed by atoms with Gasteiger partial charge in [0.1, 0.15) is 0 Å². The first-order valence-corrected chi connectivity index (χ1v) is 7.23. The van der Waals surface area contributed by atoms with Crippen molar-refractivity contribution in [1.82, 2.24) is 5.32 Å². The Kier molecular flexibility index (Phi) is 4.37. The molecule has 0 aliphatic heterocycles. The highest BCUT2D eigenvalue weighted by molar-refractivity contribution is 7.10. The van der Waals surface area contributed by atoms with Crippen molar-refractivity contribution in [3.63, 3.8) is 0 Å². The Morgan fingerprint density at radius 1 is 1.50 bits per heavy atom. The lowest BCUT2D eigenvalue weighted by Crippen LogP contribution is -2.45. The minimum absolute atomic E-state index is 0.0487. The topological polar surface area (TPSA) is 61.4 Å². The van der Waals surface area contributed by atoms with Crippen LogP contribution in [0.5, 0.6) is 0 Å². The summed E-state index contributed by atoms with van der Waals surface area (Å²) in [6.07, 6.45) is 4.42. The van der Waals surface area contributed by atoms with Crippen LogP contribution in [0.2, 0.25) is 0 Å². The quantitative estimate of drug-likeness (QED) is 0.766. The van der Waals surface area contributed by atoms with Gasteiger partial charge in [0.15, 0.2) is 0 Å². The van der Waals surface area contributed by atoms with Gasteiger partial charge < -0.3 is 15.7 Å². The molecule has 4 nitrogen and oxygen atoms in total. The van der Waals surface area contributed by atoms with Crippen molar-refractivity contribution >= 4 is 22.9 Å². The van der Waals surface area contributed by atoms with E-state index in [1.165, 1.54) is 19.8 Å². The van der Waals surface area contributed by atoms with E-state index in [4.69, 9.17) is 0 Å². The molecule has 1 aromatic heterocycles. The molecule has 5 heteroatoms. The average Bonchev–Trinajstić information content (AvgIpc) is 2.95. The molecule has 1 aliphatic carbocycles. The monoisotopic (exact) mass is 268 g/mol. The first-order valence-electron chi connectivity index (χ1n) is 6.35. The van der Waals surface area contributed by atoms with Gasteiger partial charge in [0, 0.05) is 23.9 Å². The maximum atomic E-state index is 11.1. The molecule has 0 radical (unpaired) electrons. The zero-order valence-corrected chi connectivity index (χ0v) is 11.5. The third kappa shape index (κ3) is 3.10. The van der Waals surface area contributed by atoms with Crippen molar-refractivity contribution in [1.29, 1.82) is 0 Å². The molecule has 1 aromatic rings. The van der Waals surface area contributed by atoms with Crippen LogP contribution in [0, 0.1) is 0 Å². The van der Waals surface area contributed by atoms with E-state index in [1.54, 1.807) is 11.3 Å². The average molecular weight is 268 g/mol. The van der Waals surface area contributed by atoms with Gasteiger partial charge in [-0.2, -0.15) is 0 Å². The number of nitrogens with one attached hydrogen (secondary N) is 2. The molecule has 18 heavy (non-hydrogen) atoms. The highest BCUT2D eigenvalue weighted by Gasteiger charge is 2.32. The minimum atomic E-state index is -0.114. The summed E-state index contributed by atoms with van der Waals surface area (Å²) in [5.41, 5.74) is 0.767. The molecular weight excluding hydrogens is 248 g/mol. The number of hydrogen-bond acceptors (Lipinski definition) is 4. The molecule has 1 amide bonds. The van der Waals surface area contributed by atoms with Gasteiger partial charge in [-0.15, -0.1) is 11.3 Å². The van der Waals surface area contributed by atoms with Crippen molar-refractivity contribution in [3.8, 4) is 0 Å². The molecule has 1 saturated carbocycles. The van der Waals surface area contributed by atoms with E-state index in [0.717, 1.165) is 23.4 Å². The molecule has 100 valence electrons. The number of anilines is 1. The zero-order valence-electron chi connectivity index (χ0n) is 10.7. The van der Waals surface area contributed by atoms with Gasteiger partial charge in [-0.05, 0) is 24.3 Å². The summed E-state index contributed by atoms with van der Waals surface area (Å²) in [7, 11) is 0. The molecule has 1 aliphatic rings. The highest BCUT2D eigenvalue weighted by atomic mass is 32.1. The van der Waals surface area contributed by atoms with Crippen molar-refractivity contribution < 1.29 is 9.90 Å². The minimum Gasteiger partial charge on any atom is -0.394 e.